The van der Waals surface area contributed by atoms with Crippen molar-refractivity contribution in [2.45, 2.75) is 13.0 Å². The number of hydrogen-bond acceptors (Lipinski definition) is 4. The van der Waals surface area contributed by atoms with Crippen LogP contribution in [0.2, 0.25) is 5.02 Å². The largest absolute Gasteiger partial charge is 0.507 e. The average molecular weight is 329 g/mol. The van der Waals surface area contributed by atoms with Crippen LogP contribution in [0.15, 0.2) is 54.1 Å². The molecule has 0 spiro atoms. The lowest BCUT2D eigenvalue weighted by molar-refractivity contribution is -0.149. The highest BCUT2D eigenvalue weighted by molar-refractivity contribution is 6.44. The standard InChI is InChI=1S/C18H13ClO4/c1-10-2-4-11(5-3-10)15(20)14-16(21)18(22)23-17(14)12-6-8-13(19)9-7-12/h2-9,17,20H,1H3/b15-14-. The second kappa shape index (κ2) is 5.89. The van der Waals surface area contributed by atoms with Crippen LogP contribution in [0, 0.1) is 6.92 Å². The lowest BCUT2D eigenvalue weighted by Crippen LogP contribution is -2.08. The molecule has 2 aromatic carbocycles. The van der Waals surface area contributed by atoms with E-state index < -0.39 is 17.9 Å². The molecule has 1 heterocycles. The fraction of sp³-hybridized carbons (Fsp3) is 0.111. The molecule has 4 nitrogen and oxygen atoms in total. The van der Waals surface area contributed by atoms with E-state index in [1.165, 1.54) is 0 Å². The molecule has 1 saturated heterocycles. The summed E-state index contributed by atoms with van der Waals surface area (Å²) < 4.78 is 5.13. The Morgan fingerprint density at radius 1 is 1.04 bits per heavy atom. The molecule has 1 unspecified atom stereocenters. The van der Waals surface area contributed by atoms with E-state index in [9.17, 15) is 14.7 Å². The summed E-state index contributed by atoms with van der Waals surface area (Å²) in [4.78, 5) is 23.8. The maximum atomic E-state index is 12.1. The van der Waals surface area contributed by atoms with Gasteiger partial charge in [0, 0.05) is 10.6 Å². The molecule has 2 aromatic rings. The minimum atomic E-state index is -0.974. The van der Waals surface area contributed by atoms with E-state index in [0.29, 0.717) is 16.1 Å². The number of aliphatic hydroxyl groups excluding tert-OH is 1. The summed E-state index contributed by atoms with van der Waals surface area (Å²) in [5.41, 5.74) is 1.99. The van der Waals surface area contributed by atoms with Gasteiger partial charge in [0.15, 0.2) is 6.10 Å². The van der Waals surface area contributed by atoms with Crippen molar-refractivity contribution >= 4 is 29.1 Å². The second-order valence-electron chi connectivity index (χ2n) is 5.29. The van der Waals surface area contributed by atoms with Crippen molar-refractivity contribution < 1.29 is 19.4 Å². The first-order valence-corrected chi connectivity index (χ1v) is 7.36. The highest BCUT2D eigenvalue weighted by atomic mass is 35.5. The van der Waals surface area contributed by atoms with Gasteiger partial charge in [0.1, 0.15) is 5.76 Å². The zero-order chi connectivity index (χ0) is 16.6. The number of carbonyl (C=O) groups is 2. The molecule has 0 saturated carbocycles. The molecule has 1 atom stereocenters. The van der Waals surface area contributed by atoms with Crippen LogP contribution >= 0.6 is 11.6 Å². The van der Waals surface area contributed by atoms with Crippen molar-refractivity contribution in [3.05, 3.63) is 75.8 Å². The van der Waals surface area contributed by atoms with Gasteiger partial charge in [-0.25, -0.2) is 4.79 Å². The Bertz CT molecular complexity index is 804. The number of aliphatic hydroxyl groups is 1. The molecule has 1 N–H and O–H groups in total. The van der Waals surface area contributed by atoms with E-state index in [1.54, 1.807) is 36.4 Å². The van der Waals surface area contributed by atoms with Gasteiger partial charge >= 0.3 is 5.97 Å². The molecule has 0 aliphatic carbocycles. The lowest BCUT2D eigenvalue weighted by Gasteiger charge is -2.12. The van der Waals surface area contributed by atoms with Crippen molar-refractivity contribution in [2.24, 2.45) is 0 Å². The predicted octanol–water partition coefficient (Wildman–Crippen LogP) is 3.78. The van der Waals surface area contributed by atoms with Crippen molar-refractivity contribution in [3.63, 3.8) is 0 Å². The minimum absolute atomic E-state index is 0.0545. The molecule has 0 radical (unpaired) electrons. The summed E-state index contributed by atoms with van der Waals surface area (Å²) in [6.45, 7) is 1.91. The Kier molecular flexibility index (Phi) is 3.92. The zero-order valence-electron chi connectivity index (χ0n) is 12.2. The normalized spacial score (nSPS) is 19.7. The van der Waals surface area contributed by atoms with E-state index in [0.717, 1.165) is 5.56 Å². The maximum absolute atomic E-state index is 12.1. The van der Waals surface area contributed by atoms with Gasteiger partial charge in [-0.1, -0.05) is 53.6 Å². The Balaban J connectivity index is 2.10. The number of benzene rings is 2. The molecule has 3 rings (SSSR count). The fourth-order valence-corrected chi connectivity index (χ4v) is 2.55. The topological polar surface area (TPSA) is 63.6 Å². The summed E-state index contributed by atoms with van der Waals surface area (Å²) in [5, 5.41) is 11.0. The van der Waals surface area contributed by atoms with E-state index in [-0.39, 0.29) is 11.3 Å². The van der Waals surface area contributed by atoms with Gasteiger partial charge in [0.25, 0.3) is 5.78 Å². The second-order valence-corrected chi connectivity index (χ2v) is 5.73. The summed E-state index contributed by atoms with van der Waals surface area (Å²) in [6.07, 6.45) is -0.937. The summed E-state index contributed by atoms with van der Waals surface area (Å²) >= 11 is 5.85. The van der Waals surface area contributed by atoms with Crippen LogP contribution < -0.4 is 0 Å². The number of rotatable bonds is 2. The van der Waals surface area contributed by atoms with Crippen LogP contribution in [0.5, 0.6) is 0 Å². The molecule has 1 aliphatic rings. The molecule has 1 aliphatic heterocycles. The summed E-state index contributed by atoms with van der Waals surface area (Å²) in [7, 11) is 0. The average Bonchev–Trinajstić information content (AvgIpc) is 2.84. The SMILES string of the molecule is Cc1ccc(/C(O)=C2\C(=O)C(=O)OC2c2ccc(Cl)cc2)cc1. The van der Waals surface area contributed by atoms with Gasteiger partial charge in [-0.2, -0.15) is 0 Å². The minimum Gasteiger partial charge on any atom is -0.507 e. The quantitative estimate of drug-likeness (QED) is 0.394. The van der Waals surface area contributed by atoms with Crippen LogP contribution in [-0.2, 0) is 14.3 Å². The number of hydrogen-bond donors (Lipinski definition) is 1. The van der Waals surface area contributed by atoms with Gasteiger partial charge in [-0.05, 0) is 24.6 Å². The molecule has 5 heteroatoms. The van der Waals surface area contributed by atoms with E-state index in [2.05, 4.69) is 0 Å². The lowest BCUT2D eigenvalue weighted by atomic mass is 9.96. The Morgan fingerprint density at radius 3 is 2.26 bits per heavy atom. The van der Waals surface area contributed by atoms with Crippen LogP contribution in [0.25, 0.3) is 5.76 Å². The smallest absolute Gasteiger partial charge is 0.380 e. The van der Waals surface area contributed by atoms with Gasteiger partial charge in [-0.3, -0.25) is 4.79 Å². The van der Waals surface area contributed by atoms with Gasteiger partial charge in [0.05, 0.1) is 5.57 Å². The third-order valence-corrected chi connectivity index (χ3v) is 3.92. The van der Waals surface area contributed by atoms with Crippen LogP contribution in [-0.4, -0.2) is 16.9 Å². The Hall–Kier alpha value is -2.59. The number of ether oxygens (including phenoxy) is 1. The summed E-state index contributed by atoms with van der Waals surface area (Å²) in [5.74, 6) is -2.05. The predicted molar refractivity (Wildman–Crippen MR) is 86.0 cm³/mol. The number of carbonyl (C=O) groups excluding carboxylic acids is 2. The zero-order valence-corrected chi connectivity index (χ0v) is 13.0. The third kappa shape index (κ3) is 2.85. The van der Waals surface area contributed by atoms with Crippen molar-refractivity contribution in [1.29, 1.82) is 0 Å². The molecule has 116 valence electrons. The Labute approximate surface area is 138 Å². The molecule has 23 heavy (non-hydrogen) atoms. The van der Waals surface area contributed by atoms with Crippen LogP contribution in [0.1, 0.15) is 22.8 Å². The Morgan fingerprint density at radius 2 is 1.65 bits per heavy atom. The molecule has 0 bridgehead atoms. The molecule has 1 fully saturated rings. The first kappa shape index (κ1) is 15.3. The first-order chi connectivity index (χ1) is 11.0. The monoisotopic (exact) mass is 328 g/mol. The van der Waals surface area contributed by atoms with Crippen molar-refractivity contribution in [2.75, 3.05) is 0 Å². The van der Waals surface area contributed by atoms with Gasteiger partial charge in [0.2, 0.25) is 0 Å². The number of aryl methyl sites for hydroxylation is 1. The van der Waals surface area contributed by atoms with Gasteiger partial charge < -0.3 is 9.84 Å². The van der Waals surface area contributed by atoms with Crippen molar-refractivity contribution in [1.82, 2.24) is 0 Å². The van der Waals surface area contributed by atoms with E-state index >= 15 is 0 Å². The van der Waals surface area contributed by atoms with Crippen molar-refractivity contribution in [3.8, 4) is 0 Å². The maximum Gasteiger partial charge on any atom is 0.380 e. The third-order valence-electron chi connectivity index (χ3n) is 3.67. The van der Waals surface area contributed by atoms with E-state index in [4.69, 9.17) is 16.3 Å². The number of halogens is 1. The number of ketones is 1. The first-order valence-electron chi connectivity index (χ1n) is 6.98. The van der Waals surface area contributed by atoms with E-state index in [1.807, 2.05) is 19.1 Å². The molecular weight excluding hydrogens is 316 g/mol. The van der Waals surface area contributed by atoms with Gasteiger partial charge in [-0.15, -0.1) is 0 Å². The molecular formula is C18H13ClO4. The van der Waals surface area contributed by atoms with Crippen LogP contribution in [0.4, 0.5) is 0 Å². The number of cyclic esters (lactones) is 1. The number of esters is 1. The fourth-order valence-electron chi connectivity index (χ4n) is 2.42. The summed E-state index contributed by atoms with van der Waals surface area (Å²) in [6, 6.07) is 13.6. The number of Topliss-reactive ketones (excluding diaryl/α,β-unsaturated/α-hetero) is 1. The highest BCUT2D eigenvalue weighted by Crippen LogP contribution is 2.37. The molecule has 0 aromatic heterocycles. The molecule has 0 amide bonds. The highest BCUT2D eigenvalue weighted by Gasteiger charge is 2.42. The van der Waals surface area contributed by atoms with Crippen LogP contribution in [0.3, 0.4) is 0 Å².